The minimum Gasteiger partial charge on any atom is -0.399 e. The topological polar surface area (TPSA) is 99.1 Å². The van der Waals surface area contributed by atoms with Gasteiger partial charge in [0.2, 0.25) is 10.0 Å². The van der Waals surface area contributed by atoms with Gasteiger partial charge in [-0.25, -0.2) is 18.5 Å². The minimum atomic E-state index is -3.52. The lowest BCUT2D eigenvalue weighted by Gasteiger charge is -1.97. The maximum absolute atomic E-state index is 10.9. The molecule has 0 amide bonds. The molecule has 0 aliphatic carbocycles. The number of nitrogen functional groups attached to an aromatic ring is 1. The summed E-state index contributed by atoms with van der Waals surface area (Å²) in [6, 6.07) is 7.22. The molecule has 4 N–H and O–H groups in total. The van der Waals surface area contributed by atoms with Crippen LogP contribution in [0.5, 0.6) is 0 Å². The van der Waals surface area contributed by atoms with Gasteiger partial charge in [-0.15, -0.1) is 11.3 Å². The number of nitrogens with two attached hydrogens (primary N) is 2. The number of thiazole rings is 1. The Balaban J connectivity index is 2.27. The van der Waals surface area contributed by atoms with Crippen LogP contribution < -0.4 is 10.9 Å². The average Bonchev–Trinajstić information content (AvgIpc) is 2.64. The van der Waals surface area contributed by atoms with Crippen LogP contribution in [0.25, 0.3) is 11.3 Å². The van der Waals surface area contributed by atoms with Crippen LogP contribution in [0.3, 0.4) is 0 Å². The Morgan fingerprint density at radius 3 is 2.47 bits per heavy atom. The van der Waals surface area contributed by atoms with Gasteiger partial charge in [-0.2, -0.15) is 0 Å². The Morgan fingerprint density at radius 2 is 1.88 bits per heavy atom. The van der Waals surface area contributed by atoms with E-state index in [4.69, 9.17) is 10.9 Å². The van der Waals surface area contributed by atoms with E-state index in [1.807, 2.05) is 12.1 Å². The van der Waals surface area contributed by atoms with E-state index in [9.17, 15) is 8.42 Å². The molecule has 1 aromatic carbocycles. The zero-order valence-corrected chi connectivity index (χ0v) is 10.5. The van der Waals surface area contributed by atoms with Crippen molar-refractivity contribution < 1.29 is 8.42 Å². The number of rotatable bonds is 3. The number of hydrogen-bond acceptors (Lipinski definition) is 5. The highest BCUT2D eigenvalue weighted by atomic mass is 32.2. The lowest BCUT2D eigenvalue weighted by Crippen LogP contribution is -2.14. The van der Waals surface area contributed by atoms with Crippen LogP contribution in [0.2, 0.25) is 0 Å². The SMILES string of the molecule is Nc1ccc(-c2csc(CS(N)(=O)=O)n2)cc1. The molecule has 2 rings (SSSR count). The van der Waals surface area contributed by atoms with E-state index in [1.54, 1.807) is 17.5 Å². The van der Waals surface area contributed by atoms with E-state index in [0.717, 1.165) is 11.3 Å². The fraction of sp³-hybridized carbons (Fsp3) is 0.100. The van der Waals surface area contributed by atoms with Gasteiger partial charge < -0.3 is 5.73 Å². The molecule has 0 radical (unpaired) electrons. The molecule has 17 heavy (non-hydrogen) atoms. The van der Waals surface area contributed by atoms with Gasteiger partial charge >= 0.3 is 0 Å². The monoisotopic (exact) mass is 269 g/mol. The molecule has 0 unspecified atom stereocenters. The first-order valence-electron chi connectivity index (χ1n) is 4.75. The maximum atomic E-state index is 10.9. The lowest BCUT2D eigenvalue weighted by molar-refractivity contribution is 0.597. The molecule has 0 aliphatic heterocycles. The predicted octanol–water partition coefficient (Wildman–Crippen LogP) is 1.18. The third-order valence-corrected chi connectivity index (χ3v) is 3.79. The molecular weight excluding hydrogens is 258 g/mol. The molecule has 0 saturated heterocycles. The van der Waals surface area contributed by atoms with Gasteiger partial charge in [0, 0.05) is 16.6 Å². The summed E-state index contributed by atoms with van der Waals surface area (Å²) in [4.78, 5) is 4.21. The van der Waals surface area contributed by atoms with Crippen LogP contribution in [0.4, 0.5) is 5.69 Å². The van der Waals surface area contributed by atoms with Crippen molar-refractivity contribution in [3.8, 4) is 11.3 Å². The smallest absolute Gasteiger partial charge is 0.215 e. The van der Waals surface area contributed by atoms with Gasteiger partial charge in [0.15, 0.2) is 0 Å². The zero-order chi connectivity index (χ0) is 12.5. The van der Waals surface area contributed by atoms with E-state index in [1.165, 1.54) is 11.3 Å². The van der Waals surface area contributed by atoms with Crippen molar-refractivity contribution in [3.63, 3.8) is 0 Å². The number of benzene rings is 1. The summed E-state index contributed by atoms with van der Waals surface area (Å²) in [6.07, 6.45) is 0. The van der Waals surface area contributed by atoms with E-state index in [0.29, 0.717) is 10.7 Å². The first kappa shape index (κ1) is 12.0. The number of primary sulfonamides is 1. The quantitative estimate of drug-likeness (QED) is 0.817. The third kappa shape index (κ3) is 3.26. The molecule has 0 bridgehead atoms. The first-order chi connectivity index (χ1) is 7.94. The number of hydrogen-bond donors (Lipinski definition) is 2. The van der Waals surface area contributed by atoms with Gasteiger partial charge in [0.05, 0.1) is 5.69 Å². The molecule has 2 aromatic rings. The van der Waals surface area contributed by atoms with Crippen LogP contribution in [-0.2, 0) is 15.8 Å². The summed E-state index contributed by atoms with van der Waals surface area (Å²) in [5, 5.41) is 7.24. The summed E-state index contributed by atoms with van der Waals surface area (Å²) < 4.78 is 21.8. The molecule has 5 nitrogen and oxygen atoms in total. The number of aromatic nitrogens is 1. The summed E-state index contributed by atoms with van der Waals surface area (Å²) >= 11 is 1.27. The molecule has 7 heteroatoms. The average molecular weight is 269 g/mol. The number of nitrogens with zero attached hydrogens (tertiary/aromatic N) is 1. The van der Waals surface area contributed by atoms with Crippen molar-refractivity contribution in [1.82, 2.24) is 4.98 Å². The molecule has 1 heterocycles. The molecule has 90 valence electrons. The van der Waals surface area contributed by atoms with Crippen LogP contribution in [0, 0.1) is 0 Å². The van der Waals surface area contributed by atoms with Crippen molar-refractivity contribution in [3.05, 3.63) is 34.7 Å². The second-order valence-electron chi connectivity index (χ2n) is 3.56. The molecule has 0 fully saturated rings. The Hall–Kier alpha value is -1.44. The molecule has 0 spiro atoms. The molecule has 0 saturated carbocycles. The fourth-order valence-electron chi connectivity index (χ4n) is 1.34. The van der Waals surface area contributed by atoms with Gasteiger partial charge in [-0.3, -0.25) is 0 Å². The van der Waals surface area contributed by atoms with E-state index in [-0.39, 0.29) is 5.75 Å². The summed E-state index contributed by atoms with van der Waals surface area (Å²) in [5.74, 6) is -0.230. The van der Waals surface area contributed by atoms with Crippen LogP contribution in [0.1, 0.15) is 5.01 Å². The first-order valence-corrected chi connectivity index (χ1v) is 7.34. The number of sulfonamides is 1. The summed E-state index contributed by atoms with van der Waals surface area (Å²) in [5.41, 5.74) is 7.88. The summed E-state index contributed by atoms with van der Waals surface area (Å²) in [6.45, 7) is 0. The van der Waals surface area contributed by atoms with E-state index in [2.05, 4.69) is 4.98 Å². The maximum Gasteiger partial charge on any atom is 0.215 e. The molecule has 1 aromatic heterocycles. The Labute approximate surface area is 103 Å². The normalized spacial score (nSPS) is 11.6. The Bertz CT molecular complexity index is 617. The summed E-state index contributed by atoms with van der Waals surface area (Å²) in [7, 11) is -3.52. The van der Waals surface area contributed by atoms with E-state index < -0.39 is 10.0 Å². The second kappa shape index (κ2) is 4.44. The van der Waals surface area contributed by atoms with Gasteiger partial charge in [-0.05, 0) is 12.1 Å². The zero-order valence-electron chi connectivity index (χ0n) is 8.83. The number of anilines is 1. The largest absolute Gasteiger partial charge is 0.399 e. The molecular formula is C10H11N3O2S2. The van der Waals surface area contributed by atoms with Crippen molar-refractivity contribution in [2.75, 3.05) is 5.73 Å². The Kier molecular flexibility index (Phi) is 3.14. The highest BCUT2D eigenvalue weighted by molar-refractivity contribution is 7.88. The van der Waals surface area contributed by atoms with E-state index >= 15 is 0 Å². The van der Waals surface area contributed by atoms with Crippen molar-refractivity contribution >= 4 is 27.0 Å². The Morgan fingerprint density at radius 1 is 1.24 bits per heavy atom. The van der Waals surface area contributed by atoms with Gasteiger partial charge in [0.1, 0.15) is 10.8 Å². The van der Waals surface area contributed by atoms with Crippen molar-refractivity contribution in [1.29, 1.82) is 0 Å². The predicted molar refractivity (Wildman–Crippen MR) is 68.8 cm³/mol. The molecule has 0 aliphatic rings. The third-order valence-electron chi connectivity index (χ3n) is 2.08. The van der Waals surface area contributed by atoms with Gasteiger partial charge in [0.25, 0.3) is 0 Å². The van der Waals surface area contributed by atoms with Crippen molar-refractivity contribution in [2.24, 2.45) is 5.14 Å². The van der Waals surface area contributed by atoms with Crippen LogP contribution in [-0.4, -0.2) is 13.4 Å². The minimum absolute atomic E-state index is 0.230. The fourth-order valence-corrected chi connectivity index (χ4v) is 3.10. The van der Waals surface area contributed by atoms with Crippen molar-refractivity contribution in [2.45, 2.75) is 5.75 Å². The van der Waals surface area contributed by atoms with Crippen LogP contribution in [0.15, 0.2) is 29.6 Å². The molecule has 0 atom stereocenters. The lowest BCUT2D eigenvalue weighted by atomic mass is 10.1. The second-order valence-corrected chi connectivity index (χ2v) is 6.11. The highest BCUT2D eigenvalue weighted by Crippen LogP contribution is 2.23. The van der Waals surface area contributed by atoms with Gasteiger partial charge in [-0.1, -0.05) is 12.1 Å². The van der Waals surface area contributed by atoms with Crippen LogP contribution >= 0.6 is 11.3 Å². The highest BCUT2D eigenvalue weighted by Gasteiger charge is 2.10. The standard InChI is InChI=1S/C10H11N3O2S2/c11-8-3-1-7(2-4-8)9-5-16-10(13-9)6-17(12,14)15/h1-5H,6,11H2,(H2,12,14,15).